The molecule has 0 bridgehead atoms. The number of thioether (sulfide) groups is 1. The average molecular weight is 366 g/mol. The van der Waals surface area contributed by atoms with Gasteiger partial charge in [0.05, 0.1) is 5.69 Å². The molecule has 0 aliphatic rings. The van der Waals surface area contributed by atoms with Crippen LogP contribution in [0.5, 0.6) is 0 Å². The molecule has 1 amide bonds. The van der Waals surface area contributed by atoms with Crippen molar-refractivity contribution in [2.24, 2.45) is 0 Å². The topological polar surface area (TPSA) is 70.7 Å². The number of nitrogens with zero attached hydrogens (tertiary/aromatic N) is 2. The molecule has 0 atom stereocenters. The molecule has 0 fully saturated rings. The van der Waals surface area contributed by atoms with Crippen LogP contribution in [0.2, 0.25) is 0 Å². The van der Waals surface area contributed by atoms with Crippen LogP contribution in [0.3, 0.4) is 0 Å². The lowest BCUT2D eigenvalue weighted by atomic mass is 10.2. The first-order valence-corrected chi connectivity index (χ1v) is 9.75. The van der Waals surface area contributed by atoms with Gasteiger partial charge in [0.1, 0.15) is 5.69 Å². The van der Waals surface area contributed by atoms with Gasteiger partial charge in [0.15, 0.2) is 0 Å². The minimum absolute atomic E-state index is 0.124. The number of pyridine rings is 1. The molecule has 3 rings (SSSR count). The molecule has 0 unspecified atom stereocenters. The van der Waals surface area contributed by atoms with E-state index in [1.807, 2.05) is 23.9 Å². The van der Waals surface area contributed by atoms with Crippen LogP contribution in [0, 0.1) is 6.92 Å². The highest BCUT2D eigenvalue weighted by Gasteiger charge is 2.10. The molecule has 0 aliphatic heterocycles. The molecule has 0 radical (unpaired) electrons. The number of aryl methyl sites for hydroxylation is 1. The SMILES string of the molecule is Cc1cccc(CSCCCNC(=O)c2cc(-c3ccncc3)n[nH]2)c1. The van der Waals surface area contributed by atoms with Crippen molar-refractivity contribution in [1.82, 2.24) is 20.5 Å². The molecule has 1 aromatic carbocycles. The monoisotopic (exact) mass is 366 g/mol. The van der Waals surface area contributed by atoms with E-state index in [9.17, 15) is 4.79 Å². The van der Waals surface area contributed by atoms with E-state index in [1.165, 1.54) is 11.1 Å². The van der Waals surface area contributed by atoms with Crippen LogP contribution in [-0.2, 0) is 5.75 Å². The summed E-state index contributed by atoms with van der Waals surface area (Å²) in [6.45, 7) is 2.77. The number of carbonyl (C=O) groups excluding carboxylic acids is 1. The number of benzene rings is 1. The van der Waals surface area contributed by atoms with Crippen molar-refractivity contribution in [2.75, 3.05) is 12.3 Å². The Morgan fingerprint density at radius 1 is 1.19 bits per heavy atom. The molecular formula is C20H22N4OS. The van der Waals surface area contributed by atoms with Crippen LogP contribution in [0.15, 0.2) is 54.9 Å². The summed E-state index contributed by atoms with van der Waals surface area (Å²) in [6.07, 6.45) is 4.35. The van der Waals surface area contributed by atoms with Gasteiger partial charge in [-0.2, -0.15) is 16.9 Å². The minimum atomic E-state index is -0.124. The summed E-state index contributed by atoms with van der Waals surface area (Å²) >= 11 is 1.89. The molecule has 5 nitrogen and oxygen atoms in total. The summed E-state index contributed by atoms with van der Waals surface area (Å²) < 4.78 is 0. The normalized spacial score (nSPS) is 10.7. The smallest absolute Gasteiger partial charge is 0.269 e. The summed E-state index contributed by atoms with van der Waals surface area (Å²) in [5.74, 6) is 1.90. The third kappa shape index (κ3) is 5.20. The zero-order valence-corrected chi connectivity index (χ0v) is 15.6. The molecule has 26 heavy (non-hydrogen) atoms. The van der Waals surface area contributed by atoms with Crippen LogP contribution >= 0.6 is 11.8 Å². The van der Waals surface area contributed by atoms with Gasteiger partial charge in [-0.25, -0.2) is 0 Å². The Morgan fingerprint density at radius 2 is 2.04 bits per heavy atom. The number of hydrogen-bond donors (Lipinski definition) is 2. The van der Waals surface area contributed by atoms with Gasteiger partial charge in [0.2, 0.25) is 0 Å². The largest absolute Gasteiger partial charge is 0.351 e. The molecule has 2 N–H and O–H groups in total. The lowest BCUT2D eigenvalue weighted by molar-refractivity contribution is 0.0949. The number of hydrogen-bond acceptors (Lipinski definition) is 4. The number of rotatable bonds is 8. The minimum Gasteiger partial charge on any atom is -0.351 e. The third-order valence-corrected chi connectivity index (χ3v) is 5.02. The Morgan fingerprint density at radius 3 is 2.85 bits per heavy atom. The summed E-state index contributed by atoms with van der Waals surface area (Å²) in [5.41, 5.74) is 4.79. The molecule has 134 valence electrons. The molecule has 0 saturated carbocycles. The van der Waals surface area contributed by atoms with Crippen LogP contribution in [0.25, 0.3) is 11.3 Å². The first-order valence-electron chi connectivity index (χ1n) is 8.59. The van der Waals surface area contributed by atoms with E-state index < -0.39 is 0 Å². The number of aromatic amines is 1. The second-order valence-corrected chi connectivity index (χ2v) is 7.16. The predicted molar refractivity (Wildman–Crippen MR) is 106 cm³/mol. The van der Waals surface area contributed by atoms with E-state index in [0.717, 1.165) is 29.2 Å². The second kappa shape index (κ2) is 9.20. The van der Waals surface area contributed by atoms with Gasteiger partial charge in [-0.1, -0.05) is 29.8 Å². The van der Waals surface area contributed by atoms with Gasteiger partial charge in [-0.05, 0) is 42.9 Å². The summed E-state index contributed by atoms with van der Waals surface area (Å²) in [4.78, 5) is 16.2. The van der Waals surface area contributed by atoms with Crippen molar-refractivity contribution in [1.29, 1.82) is 0 Å². The van der Waals surface area contributed by atoms with Crippen LogP contribution in [0.1, 0.15) is 28.0 Å². The Balaban J connectivity index is 1.37. The number of aromatic nitrogens is 3. The first kappa shape index (κ1) is 18.2. The van der Waals surface area contributed by atoms with E-state index in [2.05, 4.69) is 51.7 Å². The van der Waals surface area contributed by atoms with Crippen molar-refractivity contribution in [3.63, 3.8) is 0 Å². The quantitative estimate of drug-likeness (QED) is 0.594. The van der Waals surface area contributed by atoms with Crippen molar-refractivity contribution >= 4 is 17.7 Å². The Bertz CT molecular complexity index is 848. The van der Waals surface area contributed by atoms with Gasteiger partial charge in [-0.3, -0.25) is 14.9 Å². The van der Waals surface area contributed by atoms with E-state index in [0.29, 0.717) is 12.2 Å². The number of nitrogens with one attached hydrogen (secondary N) is 2. The predicted octanol–water partition coefficient (Wildman–Crippen LogP) is 3.83. The van der Waals surface area contributed by atoms with Gasteiger partial charge in [-0.15, -0.1) is 0 Å². The highest BCUT2D eigenvalue weighted by molar-refractivity contribution is 7.98. The highest BCUT2D eigenvalue weighted by atomic mass is 32.2. The highest BCUT2D eigenvalue weighted by Crippen LogP contribution is 2.16. The zero-order valence-electron chi connectivity index (χ0n) is 14.7. The second-order valence-electron chi connectivity index (χ2n) is 6.05. The van der Waals surface area contributed by atoms with E-state index in [1.54, 1.807) is 18.5 Å². The molecule has 2 heterocycles. The van der Waals surface area contributed by atoms with E-state index in [-0.39, 0.29) is 5.91 Å². The first-order chi connectivity index (χ1) is 12.7. The van der Waals surface area contributed by atoms with E-state index in [4.69, 9.17) is 0 Å². The number of H-pyrrole nitrogens is 1. The van der Waals surface area contributed by atoms with Crippen molar-refractivity contribution < 1.29 is 4.79 Å². The summed E-state index contributed by atoms with van der Waals surface area (Å²) in [5, 5.41) is 9.92. The standard InChI is InChI=1S/C20H22N4OS/c1-15-4-2-5-16(12-15)14-26-11-3-8-22-20(25)19-13-18(23-24-19)17-6-9-21-10-7-17/h2,4-7,9-10,12-13H,3,8,11,14H2,1H3,(H,22,25)(H,23,24). The molecule has 3 aromatic rings. The van der Waals surface area contributed by atoms with Gasteiger partial charge in [0.25, 0.3) is 5.91 Å². The molecule has 6 heteroatoms. The fraction of sp³-hybridized carbons (Fsp3) is 0.250. The lowest BCUT2D eigenvalue weighted by Gasteiger charge is -2.05. The summed E-state index contributed by atoms with van der Waals surface area (Å²) in [6, 6.07) is 14.1. The molecule has 2 aromatic heterocycles. The van der Waals surface area contributed by atoms with Gasteiger partial charge >= 0.3 is 0 Å². The maximum atomic E-state index is 12.2. The van der Waals surface area contributed by atoms with Gasteiger partial charge < -0.3 is 5.32 Å². The Hall–Kier alpha value is -2.60. The molecule has 0 spiro atoms. The Labute approximate surface area is 157 Å². The maximum Gasteiger partial charge on any atom is 0.269 e. The van der Waals surface area contributed by atoms with Crippen molar-refractivity contribution in [3.8, 4) is 11.3 Å². The fourth-order valence-electron chi connectivity index (χ4n) is 2.57. The number of amides is 1. The Kier molecular flexibility index (Phi) is 6.44. The average Bonchev–Trinajstić information content (AvgIpc) is 3.15. The third-order valence-electron chi connectivity index (χ3n) is 3.90. The zero-order chi connectivity index (χ0) is 18.2. The van der Waals surface area contributed by atoms with Crippen molar-refractivity contribution in [3.05, 3.63) is 71.7 Å². The van der Waals surface area contributed by atoms with Crippen LogP contribution < -0.4 is 5.32 Å². The molecule has 0 saturated heterocycles. The lowest BCUT2D eigenvalue weighted by Crippen LogP contribution is -2.25. The maximum absolute atomic E-state index is 12.2. The van der Waals surface area contributed by atoms with Crippen LogP contribution in [0.4, 0.5) is 0 Å². The van der Waals surface area contributed by atoms with Crippen LogP contribution in [-0.4, -0.2) is 33.4 Å². The molecular weight excluding hydrogens is 344 g/mol. The van der Waals surface area contributed by atoms with Crippen molar-refractivity contribution in [2.45, 2.75) is 19.1 Å². The molecule has 0 aliphatic carbocycles. The summed E-state index contributed by atoms with van der Waals surface area (Å²) in [7, 11) is 0. The fourth-order valence-corrected chi connectivity index (χ4v) is 3.48. The van der Waals surface area contributed by atoms with Gasteiger partial charge in [0, 0.05) is 30.3 Å². The van der Waals surface area contributed by atoms with E-state index >= 15 is 0 Å². The number of carbonyl (C=O) groups is 1.